The summed E-state index contributed by atoms with van der Waals surface area (Å²) in [6.07, 6.45) is 13.6. The number of urea groups is 1. The van der Waals surface area contributed by atoms with Crippen molar-refractivity contribution in [1.82, 2.24) is 10.6 Å². The zero-order chi connectivity index (χ0) is 20.2. The molecule has 2 rings (SSSR count). The van der Waals surface area contributed by atoms with Gasteiger partial charge in [0.1, 0.15) is 5.75 Å². The highest BCUT2D eigenvalue weighted by atomic mass is 16.5. The molecule has 1 unspecified atom stereocenters. The average molecular weight is 389 g/mol. The summed E-state index contributed by atoms with van der Waals surface area (Å²) >= 11 is 0. The van der Waals surface area contributed by atoms with Gasteiger partial charge in [-0.05, 0) is 37.3 Å². The summed E-state index contributed by atoms with van der Waals surface area (Å²) in [6, 6.07) is 8.20. The smallest absolute Gasteiger partial charge is 0.317 e. The lowest BCUT2D eigenvalue weighted by atomic mass is 9.98. The van der Waals surface area contributed by atoms with Crippen molar-refractivity contribution in [3.63, 3.8) is 0 Å². The minimum Gasteiger partial charge on any atom is -0.471 e. The van der Waals surface area contributed by atoms with E-state index in [9.17, 15) is 4.79 Å². The molecule has 1 aliphatic carbocycles. The number of hydrogen-bond acceptors (Lipinski definition) is 2. The maximum atomic E-state index is 12.5. The van der Waals surface area contributed by atoms with Gasteiger partial charge in [0, 0.05) is 6.04 Å². The molecule has 2 amide bonds. The molecular weight excluding hydrogens is 348 g/mol. The Kier molecular flexibility index (Phi) is 10.2. The van der Waals surface area contributed by atoms with Crippen molar-refractivity contribution in [3.05, 3.63) is 29.8 Å². The second kappa shape index (κ2) is 12.7. The molecule has 1 aromatic rings. The maximum absolute atomic E-state index is 12.5. The minimum atomic E-state index is -0.369. The molecule has 2 N–H and O–H groups in total. The van der Waals surface area contributed by atoms with E-state index in [-0.39, 0.29) is 18.3 Å². The number of nitrogens with one attached hydrogen (secondary N) is 2. The summed E-state index contributed by atoms with van der Waals surface area (Å²) in [5, 5.41) is 6.15. The Balaban J connectivity index is 1.81. The molecule has 4 nitrogen and oxygen atoms in total. The molecule has 1 aliphatic rings. The van der Waals surface area contributed by atoms with E-state index in [4.69, 9.17) is 4.74 Å². The van der Waals surface area contributed by atoms with Crippen molar-refractivity contribution in [2.75, 3.05) is 0 Å². The van der Waals surface area contributed by atoms with Crippen LogP contribution in [0.3, 0.4) is 0 Å². The van der Waals surface area contributed by atoms with Crippen molar-refractivity contribution in [1.29, 1.82) is 0 Å². The first kappa shape index (κ1) is 22.6. The van der Waals surface area contributed by atoms with Crippen molar-refractivity contribution in [2.45, 2.75) is 110 Å². The Hall–Kier alpha value is -1.71. The van der Waals surface area contributed by atoms with Crippen LogP contribution in [0.25, 0.3) is 0 Å². The Morgan fingerprint density at radius 3 is 2.00 bits per heavy atom. The van der Waals surface area contributed by atoms with Gasteiger partial charge in [-0.15, -0.1) is 0 Å². The van der Waals surface area contributed by atoms with Crippen LogP contribution in [0.4, 0.5) is 4.79 Å². The van der Waals surface area contributed by atoms with Crippen LogP contribution in [0.15, 0.2) is 24.3 Å². The summed E-state index contributed by atoms with van der Waals surface area (Å²) in [4.78, 5) is 12.5. The van der Waals surface area contributed by atoms with Gasteiger partial charge >= 0.3 is 6.03 Å². The van der Waals surface area contributed by atoms with Gasteiger partial charge in [-0.25, -0.2) is 4.79 Å². The molecule has 0 bridgehead atoms. The number of carbonyl (C=O) groups excluding carboxylic acids is 1. The molecule has 0 saturated heterocycles. The Morgan fingerprint density at radius 1 is 0.893 bits per heavy atom. The zero-order valence-corrected chi connectivity index (χ0v) is 18.1. The van der Waals surface area contributed by atoms with Gasteiger partial charge in [-0.2, -0.15) is 0 Å². The maximum Gasteiger partial charge on any atom is 0.317 e. The van der Waals surface area contributed by atoms with E-state index in [1.807, 2.05) is 25.1 Å². The first-order chi connectivity index (χ1) is 13.6. The second-order valence-electron chi connectivity index (χ2n) is 8.53. The number of ether oxygens (including phenoxy) is 1. The highest BCUT2D eigenvalue weighted by Crippen LogP contribution is 2.26. The van der Waals surface area contributed by atoms with Crippen molar-refractivity contribution < 1.29 is 9.53 Å². The summed E-state index contributed by atoms with van der Waals surface area (Å²) in [5.41, 5.74) is 1.16. The second-order valence-corrected chi connectivity index (χ2v) is 8.53. The molecule has 1 atom stereocenters. The molecule has 1 fully saturated rings. The van der Waals surface area contributed by atoms with E-state index in [0.29, 0.717) is 5.92 Å². The van der Waals surface area contributed by atoms with Gasteiger partial charge in [-0.3, -0.25) is 0 Å². The standard InChI is InChI=1S/C24H40N2O2/c1-19(2)22-17-13-14-18-23(22)28-20(3)25-24(27)26-21-15-11-9-7-5-4-6-8-10-12-16-21/h13-14,17-21H,4-12,15-16H2,1-3H3,(H2,25,26,27). The molecule has 0 radical (unpaired) electrons. The third kappa shape index (κ3) is 8.53. The van der Waals surface area contributed by atoms with Gasteiger partial charge in [0.05, 0.1) is 0 Å². The monoisotopic (exact) mass is 388 g/mol. The summed E-state index contributed by atoms with van der Waals surface area (Å²) < 4.78 is 6.01. The topological polar surface area (TPSA) is 50.4 Å². The molecule has 28 heavy (non-hydrogen) atoms. The molecule has 1 saturated carbocycles. The van der Waals surface area contributed by atoms with Gasteiger partial charge < -0.3 is 15.4 Å². The first-order valence-corrected chi connectivity index (χ1v) is 11.4. The fourth-order valence-electron chi connectivity index (χ4n) is 4.00. The first-order valence-electron chi connectivity index (χ1n) is 11.4. The van der Waals surface area contributed by atoms with Crippen LogP contribution in [0.5, 0.6) is 5.75 Å². The molecule has 0 spiro atoms. The third-order valence-corrected chi connectivity index (χ3v) is 5.62. The van der Waals surface area contributed by atoms with Crippen LogP contribution < -0.4 is 15.4 Å². The molecule has 0 aromatic heterocycles. The summed E-state index contributed by atoms with van der Waals surface area (Å²) in [7, 11) is 0. The number of amides is 2. The van der Waals surface area contributed by atoms with E-state index >= 15 is 0 Å². The molecule has 4 heteroatoms. The van der Waals surface area contributed by atoms with E-state index in [1.54, 1.807) is 0 Å². The molecular formula is C24H40N2O2. The Labute approximate surface area is 171 Å². The number of benzene rings is 1. The molecule has 0 aliphatic heterocycles. The van der Waals surface area contributed by atoms with E-state index in [0.717, 1.165) is 24.2 Å². The largest absolute Gasteiger partial charge is 0.471 e. The summed E-state index contributed by atoms with van der Waals surface area (Å²) in [6.45, 7) is 6.19. The summed E-state index contributed by atoms with van der Waals surface area (Å²) in [5.74, 6) is 1.23. The SMILES string of the molecule is CC(NC(=O)NC1CCCCCCCCCCC1)Oc1ccccc1C(C)C. The quantitative estimate of drug-likeness (QED) is 0.565. The normalized spacial score (nSPS) is 18.6. The number of rotatable bonds is 5. The van der Waals surface area contributed by atoms with Gasteiger partial charge in [0.2, 0.25) is 0 Å². The number of hydrogen-bond donors (Lipinski definition) is 2. The lowest BCUT2D eigenvalue weighted by Gasteiger charge is -2.23. The Morgan fingerprint density at radius 2 is 1.43 bits per heavy atom. The highest BCUT2D eigenvalue weighted by molar-refractivity contribution is 5.74. The minimum absolute atomic E-state index is 0.119. The van der Waals surface area contributed by atoms with Crippen molar-refractivity contribution in [2.24, 2.45) is 0 Å². The van der Waals surface area contributed by atoms with E-state index < -0.39 is 0 Å². The lowest BCUT2D eigenvalue weighted by molar-refractivity contribution is 0.173. The van der Waals surface area contributed by atoms with Crippen LogP contribution in [0, 0.1) is 0 Å². The van der Waals surface area contributed by atoms with Gasteiger partial charge in [0.15, 0.2) is 6.23 Å². The molecule has 1 aromatic carbocycles. The van der Waals surface area contributed by atoms with Crippen LogP contribution in [0.1, 0.15) is 103 Å². The fourth-order valence-corrected chi connectivity index (χ4v) is 4.00. The van der Waals surface area contributed by atoms with Crippen molar-refractivity contribution in [3.8, 4) is 5.75 Å². The van der Waals surface area contributed by atoms with Crippen LogP contribution in [-0.2, 0) is 0 Å². The van der Waals surface area contributed by atoms with E-state index in [1.165, 1.54) is 57.8 Å². The van der Waals surface area contributed by atoms with Crippen LogP contribution in [-0.4, -0.2) is 18.3 Å². The van der Waals surface area contributed by atoms with Crippen LogP contribution in [0.2, 0.25) is 0 Å². The number of carbonyl (C=O) groups is 1. The fraction of sp³-hybridized carbons (Fsp3) is 0.708. The zero-order valence-electron chi connectivity index (χ0n) is 18.1. The highest BCUT2D eigenvalue weighted by Gasteiger charge is 2.16. The molecule has 158 valence electrons. The molecule has 0 heterocycles. The predicted molar refractivity (Wildman–Crippen MR) is 117 cm³/mol. The van der Waals surface area contributed by atoms with Gasteiger partial charge in [0.25, 0.3) is 0 Å². The Bertz CT molecular complexity index is 561. The van der Waals surface area contributed by atoms with Crippen LogP contribution >= 0.6 is 0 Å². The van der Waals surface area contributed by atoms with Crippen molar-refractivity contribution >= 4 is 6.03 Å². The predicted octanol–water partition coefficient (Wildman–Crippen LogP) is 6.51. The third-order valence-electron chi connectivity index (χ3n) is 5.62. The number of para-hydroxylation sites is 1. The van der Waals surface area contributed by atoms with E-state index in [2.05, 4.69) is 30.5 Å². The average Bonchev–Trinajstić information content (AvgIpc) is 2.64. The van der Waals surface area contributed by atoms with Gasteiger partial charge in [-0.1, -0.05) is 89.8 Å². The lowest BCUT2D eigenvalue weighted by Crippen LogP contribution is -2.47.